The fraction of sp³-hybridized carbons (Fsp3) is 0.529. The number of carbonyl (C=O) groups excluding carboxylic acids is 1. The Labute approximate surface area is 177 Å². The van der Waals surface area contributed by atoms with Crippen LogP contribution in [0.1, 0.15) is 37.7 Å². The Morgan fingerprint density at radius 1 is 1.12 bits per heavy atom. The number of rotatable bonds is 11. The number of carbonyl (C=O) groups is 2. The van der Waals surface area contributed by atoms with E-state index in [0.29, 0.717) is 18.1 Å². The number of carboxylic acids is 1. The molecule has 1 aromatic carbocycles. The van der Waals surface area contributed by atoms with Gasteiger partial charge >= 0.3 is 35.5 Å². The number of nitrogens with one attached hydrogen (secondary N) is 1. The molecule has 4 nitrogen and oxygen atoms in total. The molecule has 0 radical (unpaired) electrons. The fourth-order valence-electron chi connectivity index (χ4n) is 2.28. The zero-order valence-corrected chi connectivity index (χ0v) is 14.9. The van der Waals surface area contributed by atoms with Gasteiger partial charge in [0.2, 0.25) is 5.91 Å². The molecule has 2 N–H and O–H groups in total. The van der Waals surface area contributed by atoms with Gasteiger partial charge in [0.25, 0.3) is 0 Å². The molecule has 1 aromatic rings. The minimum atomic E-state index is -1.01. The van der Waals surface area contributed by atoms with E-state index in [0.717, 1.165) is 37.0 Å². The SMILES string of the molecule is O=C(CCCCC(S)CCS)N[C@@H](Cc1ccccc1)C(=O)O.[NaH]. The molecule has 7 heteroatoms. The van der Waals surface area contributed by atoms with Crippen LogP contribution < -0.4 is 5.32 Å². The second-order valence-electron chi connectivity index (χ2n) is 5.56. The summed E-state index contributed by atoms with van der Waals surface area (Å²) in [6, 6.07) is 8.42. The molecule has 24 heavy (non-hydrogen) atoms. The predicted octanol–water partition coefficient (Wildman–Crippen LogP) is 2.33. The fourth-order valence-corrected chi connectivity index (χ4v) is 3.10. The van der Waals surface area contributed by atoms with Gasteiger partial charge in [-0.25, -0.2) is 4.79 Å². The van der Waals surface area contributed by atoms with E-state index in [1.54, 1.807) is 0 Å². The Bertz CT molecular complexity index is 488. The zero-order valence-electron chi connectivity index (χ0n) is 13.1. The molecule has 0 aliphatic carbocycles. The van der Waals surface area contributed by atoms with Crippen molar-refractivity contribution in [3.05, 3.63) is 35.9 Å². The molecule has 0 saturated heterocycles. The van der Waals surface area contributed by atoms with Crippen molar-refractivity contribution in [2.75, 3.05) is 5.75 Å². The molecule has 0 aliphatic heterocycles. The molecule has 0 aliphatic rings. The Morgan fingerprint density at radius 3 is 2.38 bits per heavy atom. The summed E-state index contributed by atoms with van der Waals surface area (Å²) in [4.78, 5) is 23.2. The Hall–Kier alpha value is -0.140. The van der Waals surface area contributed by atoms with Gasteiger partial charge in [-0.2, -0.15) is 25.3 Å². The number of aliphatic carboxylic acids is 1. The number of carboxylic acid groups (broad SMARTS) is 1. The van der Waals surface area contributed by atoms with Crippen LogP contribution in [0, 0.1) is 0 Å². The molecule has 0 fully saturated rings. The first kappa shape index (κ1) is 23.9. The van der Waals surface area contributed by atoms with E-state index >= 15 is 0 Å². The Balaban J connectivity index is 0.00000529. The van der Waals surface area contributed by atoms with Crippen molar-refractivity contribution >= 4 is 66.7 Å². The second-order valence-corrected chi connectivity index (χ2v) is 6.74. The summed E-state index contributed by atoms with van der Waals surface area (Å²) in [5, 5.41) is 12.2. The average Bonchev–Trinajstić information content (AvgIpc) is 2.52. The number of hydrogen-bond acceptors (Lipinski definition) is 4. The number of benzene rings is 1. The van der Waals surface area contributed by atoms with Crippen LogP contribution in [0.3, 0.4) is 0 Å². The summed E-state index contributed by atoms with van der Waals surface area (Å²) in [5.74, 6) is -0.404. The Morgan fingerprint density at radius 2 is 1.79 bits per heavy atom. The van der Waals surface area contributed by atoms with E-state index in [9.17, 15) is 14.7 Å². The molecule has 130 valence electrons. The molecule has 0 bridgehead atoms. The summed E-state index contributed by atoms with van der Waals surface area (Å²) >= 11 is 8.61. The molecule has 0 heterocycles. The van der Waals surface area contributed by atoms with E-state index in [4.69, 9.17) is 0 Å². The van der Waals surface area contributed by atoms with Gasteiger partial charge in [0.1, 0.15) is 6.04 Å². The van der Waals surface area contributed by atoms with Gasteiger partial charge in [0.15, 0.2) is 0 Å². The van der Waals surface area contributed by atoms with Crippen LogP contribution >= 0.6 is 25.3 Å². The zero-order chi connectivity index (χ0) is 17.1. The van der Waals surface area contributed by atoms with Crippen molar-refractivity contribution < 1.29 is 14.7 Å². The van der Waals surface area contributed by atoms with Crippen LogP contribution in [-0.2, 0) is 16.0 Å². The number of hydrogen-bond donors (Lipinski definition) is 4. The Kier molecular flexibility index (Phi) is 14.0. The van der Waals surface area contributed by atoms with Gasteiger partial charge in [-0.05, 0) is 30.6 Å². The van der Waals surface area contributed by atoms with E-state index in [2.05, 4.69) is 30.6 Å². The van der Waals surface area contributed by atoms with Crippen LogP contribution in [0.15, 0.2) is 30.3 Å². The monoisotopic (exact) mass is 379 g/mol. The third kappa shape index (κ3) is 10.7. The van der Waals surface area contributed by atoms with Crippen molar-refractivity contribution in [2.24, 2.45) is 0 Å². The molecular formula is C17H26NNaO3S2. The summed E-state index contributed by atoms with van der Waals surface area (Å²) < 4.78 is 0. The van der Waals surface area contributed by atoms with Gasteiger partial charge < -0.3 is 10.4 Å². The summed E-state index contributed by atoms with van der Waals surface area (Å²) in [7, 11) is 0. The molecule has 2 atom stereocenters. The van der Waals surface area contributed by atoms with Gasteiger partial charge in [0.05, 0.1) is 0 Å². The van der Waals surface area contributed by atoms with Crippen LogP contribution in [0.4, 0.5) is 0 Å². The second kappa shape index (κ2) is 14.1. The van der Waals surface area contributed by atoms with Crippen molar-refractivity contribution in [3.63, 3.8) is 0 Å². The maximum atomic E-state index is 11.9. The van der Waals surface area contributed by atoms with Gasteiger partial charge in [-0.1, -0.05) is 36.8 Å². The third-order valence-corrected chi connectivity index (χ3v) is 4.34. The van der Waals surface area contributed by atoms with E-state index in [-0.39, 0.29) is 35.5 Å². The molecule has 1 amide bonds. The first-order valence-electron chi connectivity index (χ1n) is 7.88. The molecule has 0 spiro atoms. The quantitative estimate of drug-likeness (QED) is 0.271. The minimum absolute atomic E-state index is 0. The van der Waals surface area contributed by atoms with Crippen molar-refractivity contribution in [3.8, 4) is 0 Å². The molecule has 0 aromatic heterocycles. The standard InChI is InChI=1S/C17H25NO3S2.Na.H/c19-16(9-5-4-8-14(23)10-11-22)18-15(17(20)21)12-13-6-2-1-3-7-13;;/h1-3,6-7,14-15,22-23H,4-5,8-12H2,(H,18,19)(H,20,21);;/t14?,15-;;/m0../s1. The van der Waals surface area contributed by atoms with Crippen LogP contribution in [0.25, 0.3) is 0 Å². The van der Waals surface area contributed by atoms with Crippen LogP contribution in [-0.4, -0.2) is 63.6 Å². The molecule has 1 unspecified atom stereocenters. The van der Waals surface area contributed by atoms with E-state index in [1.165, 1.54) is 0 Å². The van der Waals surface area contributed by atoms with Gasteiger partial charge in [-0.3, -0.25) is 4.79 Å². The molecular weight excluding hydrogens is 353 g/mol. The summed E-state index contributed by atoms with van der Waals surface area (Å²) in [6.45, 7) is 0. The van der Waals surface area contributed by atoms with Crippen LogP contribution in [0.5, 0.6) is 0 Å². The average molecular weight is 380 g/mol. The first-order valence-corrected chi connectivity index (χ1v) is 9.03. The normalized spacial score (nSPS) is 12.8. The van der Waals surface area contributed by atoms with Gasteiger partial charge in [0, 0.05) is 18.1 Å². The van der Waals surface area contributed by atoms with Crippen molar-refractivity contribution in [1.82, 2.24) is 5.32 Å². The maximum absolute atomic E-state index is 11.9. The number of thiol groups is 2. The molecule has 0 saturated carbocycles. The summed E-state index contributed by atoms with van der Waals surface area (Å²) in [5.41, 5.74) is 0.893. The van der Waals surface area contributed by atoms with Gasteiger partial charge in [-0.15, -0.1) is 0 Å². The van der Waals surface area contributed by atoms with Crippen molar-refractivity contribution in [1.29, 1.82) is 0 Å². The summed E-state index contributed by atoms with van der Waals surface area (Å²) in [6.07, 6.45) is 4.20. The number of unbranched alkanes of at least 4 members (excludes halogenated alkanes) is 1. The molecule has 1 rings (SSSR count). The first-order chi connectivity index (χ1) is 11.0. The topological polar surface area (TPSA) is 66.4 Å². The van der Waals surface area contributed by atoms with Crippen LogP contribution in [0.2, 0.25) is 0 Å². The number of amides is 1. The van der Waals surface area contributed by atoms with E-state index in [1.807, 2.05) is 30.3 Å². The van der Waals surface area contributed by atoms with Crippen molar-refractivity contribution in [2.45, 2.75) is 49.8 Å². The predicted molar refractivity (Wildman–Crippen MR) is 107 cm³/mol. The third-order valence-electron chi connectivity index (χ3n) is 3.57. The van der Waals surface area contributed by atoms with E-state index < -0.39 is 12.0 Å².